The lowest BCUT2D eigenvalue weighted by molar-refractivity contribution is 0.0357. The summed E-state index contributed by atoms with van der Waals surface area (Å²) in [6.45, 7) is 10.4. The summed E-state index contributed by atoms with van der Waals surface area (Å²) in [6.07, 6.45) is 2.56. The molecule has 2 fully saturated rings. The fourth-order valence-corrected chi connectivity index (χ4v) is 3.47. The summed E-state index contributed by atoms with van der Waals surface area (Å²) in [7, 11) is 0. The minimum atomic E-state index is -0.259. The van der Waals surface area contributed by atoms with E-state index in [-0.39, 0.29) is 12.1 Å². The monoisotopic (exact) mass is 405 g/mol. The summed E-state index contributed by atoms with van der Waals surface area (Å²) < 4.78 is 18.6. The number of hydrogen-bond donors (Lipinski definition) is 1. The number of ether oxygens (including phenoxy) is 2. The first kappa shape index (κ1) is 20.4. The Labute approximate surface area is 170 Å². The van der Waals surface area contributed by atoms with Crippen LogP contribution in [0.25, 0.3) is 0 Å². The Hall–Kier alpha value is -1.88. The van der Waals surface area contributed by atoms with Crippen molar-refractivity contribution in [1.82, 2.24) is 35.6 Å². The maximum atomic E-state index is 5.69. The number of hydrogen-bond acceptors (Lipinski definition) is 9. The third-order valence-electron chi connectivity index (χ3n) is 5.28. The molecule has 160 valence electrons. The van der Waals surface area contributed by atoms with Crippen LogP contribution in [0.3, 0.4) is 0 Å². The predicted octanol–water partition coefficient (Wildman–Crippen LogP) is 0.975. The van der Waals surface area contributed by atoms with Crippen LogP contribution in [0.4, 0.5) is 0 Å². The number of aromatic nitrogens is 5. The molecule has 0 aromatic carbocycles. The second-order valence-corrected chi connectivity index (χ2v) is 7.95. The Morgan fingerprint density at radius 2 is 2.07 bits per heavy atom. The molecule has 4 rings (SSSR count). The highest BCUT2D eigenvalue weighted by molar-refractivity contribution is 5.21. The summed E-state index contributed by atoms with van der Waals surface area (Å²) in [5.41, 5.74) is 1.03. The number of nitrogens with one attached hydrogen (secondary N) is 1. The van der Waals surface area contributed by atoms with Crippen molar-refractivity contribution in [3.63, 3.8) is 0 Å². The van der Waals surface area contributed by atoms with Crippen LogP contribution in [-0.2, 0) is 16.0 Å². The molecule has 10 heteroatoms. The quantitative estimate of drug-likeness (QED) is 0.548. The standard InChI is InChI=1S/C19H31N7O3/c1-14(2)28-10-5-20-18(17-13-16(22-29-17)15-3-4-15)19-21-23-24-26(19)7-6-25-8-11-27-12-9-25/h13-15,18,20H,3-12H2,1-2H3. The van der Waals surface area contributed by atoms with E-state index in [0.29, 0.717) is 25.6 Å². The van der Waals surface area contributed by atoms with Gasteiger partial charge in [-0.15, -0.1) is 5.10 Å². The molecule has 29 heavy (non-hydrogen) atoms. The van der Waals surface area contributed by atoms with E-state index in [4.69, 9.17) is 14.0 Å². The van der Waals surface area contributed by atoms with Gasteiger partial charge in [0.15, 0.2) is 11.6 Å². The van der Waals surface area contributed by atoms with Gasteiger partial charge in [0.1, 0.15) is 6.04 Å². The molecule has 1 aliphatic heterocycles. The molecule has 1 saturated heterocycles. The van der Waals surface area contributed by atoms with Crippen LogP contribution in [0.2, 0.25) is 0 Å². The Bertz CT molecular complexity index is 753. The van der Waals surface area contributed by atoms with Crippen LogP contribution in [0.5, 0.6) is 0 Å². The minimum Gasteiger partial charge on any atom is -0.379 e. The lowest BCUT2D eigenvalue weighted by atomic mass is 10.1. The van der Waals surface area contributed by atoms with Gasteiger partial charge in [-0.05, 0) is 37.1 Å². The number of morpholine rings is 1. The van der Waals surface area contributed by atoms with Crippen molar-refractivity contribution >= 4 is 0 Å². The predicted molar refractivity (Wildman–Crippen MR) is 104 cm³/mol. The number of tetrazole rings is 1. The fraction of sp³-hybridized carbons (Fsp3) is 0.789. The molecule has 0 radical (unpaired) electrons. The first-order chi connectivity index (χ1) is 14.2. The maximum Gasteiger partial charge on any atom is 0.176 e. The van der Waals surface area contributed by atoms with Gasteiger partial charge in [0, 0.05) is 38.2 Å². The van der Waals surface area contributed by atoms with E-state index in [9.17, 15) is 0 Å². The van der Waals surface area contributed by atoms with Gasteiger partial charge < -0.3 is 14.0 Å². The molecule has 0 spiro atoms. The van der Waals surface area contributed by atoms with Gasteiger partial charge in [-0.3, -0.25) is 10.2 Å². The van der Waals surface area contributed by atoms with Crippen LogP contribution < -0.4 is 5.32 Å². The molecule has 10 nitrogen and oxygen atoms in total. The first-order valence-corrected chi connectivity index (χ1v) is 10.6. The fourth-order valence-electron chi connectivity index (χ4n) is 3.47. The van der Waals surface area contributed by atoms with Crippen LogP contribution in [-0.4, -0.2) is 82.4 Å². The van der Waals surface area contributed by atoms with Gasteiger partial charge in [-0.2, -0.15) is 0 Å². The number of rotatable bonds is 11. The smallest absolute Gasteiger partial charge is 0.176 e. The minimum absolute atomic E-state index is 0.195. The second-order valence-electron chi connectivity index (χ2n) is 7.95. The Balaban J connectivity index is 1.45. The van der Waals surface area contributed by atoms with E-state index in [1.54, 1.807) is 0 Å². The molecule has 1 atom stereocenters. The van der Waals surface area contributed by atoms with E-state index >= 15 is 0 Å². The largest absolute Gasteiger partial charge is 0.379 e. The van der Waals surface area contributed by atoms with Crippen molar-refractivity contribution in [3.8, 4) is 0 Å². The van der Waals surface area contributed by atoms with E-state index < -0.39 is 0 Å². The van der Waals surface area contributed by atoms with Gasteiger partial charge in [0.2, 0.25) is 0 Å². The molecule has 1 N–H and O–H groups in total. The van der Waals surface area contributed by atoms with Gasteiger partial charge >= 0.3 is 0 Å². The van der Waals surface area contributed by atoms with Crippen molar-refractivity contribution < 1.29 is 14.0 Å². The van der Waals surface area contributed by atoms with Crippen molar-refractivity contribution in [2.24, 2.45) is 0 Å². The first-order valence-electron chi connectivity index (χ1n) is 10.6. The second kappa shape index (κ2) is 9.75. The van der Waals surface area contributed by atoms with Gasteiger partial charge in [0.05, 0.1) is 38.2 Å². The average molecular weight is 406 g/mol. The van der Waals surface area contributed by atoms with E-state index in [1.165, 1.54) is 12.8 Å². The highest BCUT2D eigenvalue weighted by Crippen LogP contribution is 2.40. The molecule has 1 saturated carbocycles. The van der Waals surface area contributed by atoms with Crippen molar-refractivity contribution in [2.45, 2.75) is 51.3 Å². The highest BCUT2D eigenvalue weighted by atomic mass is 16.5. The van der Waals surface area contributed by atoms with Gasteiger partial charge in [0.25, 0.3) is 0 Å². The third-order valence-corrected chi connectivity index (χ3v) is 5.28. The van der Waals surface area contributed by atoms with E-state index in [1.807, 2.05) is 24.6 Å². The van der Waals surface area contributed by atoms with Gasteiger partial charge in [-0.1, -0.05) is 5.16 Å². The molecule has 1 aliphatic carbocycles. The Kier molecular flexibility index (Phi) is 6.86. The van der Waals surface area contributed by atoms with Crippen LogP contribution in [0.1, 0.15) is 55.9 Å². The van der Waals surface area contributed by atoms with Crippen LogP contribution in [0, 0.1) is 0 Å². The lowest BCUT2D eigenvalue weighted by Crippen LogP contribution is -2.38. The molecule has 2 aliphatic rings. The van der Waals surface area contributed by atoms with Gasteiger partial charge in [-0.25, -0.2) is 4.68 Å². The third kappa shape index (κ3) is 5.59. The SMILES string of the molecule is CC(C)OCCNC(c1cc(C2CC2)no1)c1nnnn1CCN1CCOCC1. The Morgan fingerprint density at radius 3 is 2.83 bits per heavy atom. The lowest BCUT2D eigenvalue weighted by Gasteiger charge is -2.26. The summed E-state index contributed by atoms with van der Waals surface area (Å²) in [5.74, 6) is 2.02. The zero-order chi connectivity index (χ0) is 20.1. The molecule has 3 heterocycles. The normalized spacial score (nSPS) is 19.1. The van der Waals surface area contributed by atoms with Crippen molar-refractivity contribution in [1.29, 1.82) is 0 Å². The molecule has 0 amide bonds. The summed E-state index contributed by atoms with van der Waals surface area (Å²) in [5, 5.41) is 20.2. The Morgan fingerprint density at radius 1 is 1.24 bits per heavy atom. The highest BCUT2D eigenvalue weighted by Gasteiger charge is 2.31. The topological polar surface area (TPSA) is 103 Å². The molecular formula is C19H31N7O3. The summed E-state index contributed by atoms with van der Waals surface area (Å²) >= 11 is 0. The van der Waals surface area contributed by atoms with Crippen molar-refractivity contribution in [2.75, 3.05) is 46.0 Å². The van der Waals surface area contributed by atoms with E-state index in [2.05, 4.69) is 30.9 Å². The number of nitrogens with zero attached hydrogens (tertiary/aromatic N) is 6. The molecule has 1 unspecified atom stereocenters. The molecule has 2 aromatic heterocycles. The average Bonchev–Trinajstić information content (AvgIpc) is 3.28. The van der Waals surface area contributed by atoms with Crippen LogP contribution in [0.15, 0.2) is 10.6 Å². The zero-order valence-corrected chi connectivity index (χ0v) is 17.3. The molecule has 2 aromatic rings. The zero-order valence-electron chi connectivity index (χ0n) is 17.3. The maximum absolute atomic E-state index is 5.69. The summed E-state index contributed by atoms with van der Waals surface area (Å²) in [4.78, 5) is 2.37. The van der Waals surface area contributed by atoms with Crippen LogP contribution >= 0.6 is 0 Å². The summed E-state index contributed by atoms with van der Waals surface area (Å²) in [6, 6.07) is 1.78. The molecule has 0 bridgehead atoms. The molecular weight excluding hydrogens is 374 g/mol. The van der Waals surface area contributed by atoms with Crippen molar-refractivity contribution in [3.05, 3.63) is 23.3 Å². The van der Waals surface area contributed by atoms with E-state index in [0.717, 1.165) is 50.1 Å².